The average molecular weight is 299 g/mol. The zero-order valence-corrected chi connectivity index (χ0v) is 11.7. The summed E-state index contributed by atoms with van der Waals surface area (Å²) in [7, 11) is 0. The fourth-order valence-electron chi connectivity index (χ4n) is 1.31. The number of hydrogen-bond donors (Lipinski definition) is 2. The number of carbonyl (C=O) groups excluding carboxylic acids is 1. The van der Waals surface area contributed by atoms with Gasteiger partial charge in [0.15, 0.2) is 0 Å². The summed E-state index contributed by atoms with van der Waals surface area (Å²) in [4.78, 5) is 11.7. The van der Waals surface area contributed by atoms with Gasteiger partial charge in [-0.2, -0.15) is 0 Å². The number of rotatable bonds is 4. The largest absolute Gasteiger partial charge is 0.397 e. The van der Waals surface area contributed by atoms with Gasteiger partial charge in [0.1, 0.15) is 0 Å². The van der Waals surface area contributed by atoms with E-state index in [1.807, 2.05) is 17.5 Å². The summed E-state index contributed by atoms with van der Waals surface area (Å²) in [5.41, 5.74) is 6.81. The Labute approximate surface area is 118 Å². The second kappa shape index (κ2) is 6.13. The van der Waals surface area contributed by atoms with Crippen LogP contribution in [-0.4, -0.2) is 11.7 Å². The Hall–Kier alpha value is -1.17. The van der Waals surface area contributed by atoms with Crippen molar-refractivity contribution in [3.63, 3.8) is 0 Å². The van der Waals surface area contributed by atoms with Crippen molar-refractivity contribution in [1.82, 2.24) is 0 Å². The minimum atomic E-state index is -0.0950. The highest BCUT2D eigenvalue weighted by Crippen LogP contribution is 2.25. The van der Waals surface area contributed by atoms with Gasteiger partial charge in [-0.05, 0) is 29.6 Å². The highest BCUT2D eigenvalue weighted by atomic mass is 35.5. The van der Waals surface area contributed by atoms with Crippen LogP contribution in [0.5, 0.6) is 0 Å². The number of halogens is 1. The summed E-state index contributed by atoms with van der Waals surface area (Å²) >= 11 is 8.96. The summed E-state index contributed by atoms with van der Waals surface area (Å²) in [6.07, 6.45) is 0. The van der Waals surface area contributed by atoms with Crippen molar-refractivity contribution in [2.45, 2.75) is 4.21 Å². The number of carbonyl (C=O) groups is 1. The van der Waals surface area contributed by atoms with Gasteiger partial charge >= 0.3 is 0 Å². The Balaban J connectivity index is 1.92. The molecule has 0 unspecified atom stereocenters. The first kappa shape index (κ1) is 13.3. The normalized spacial score (nSPS) is 10.3. The monoisotopic (exact) mass is 298 g/mol. The Morgan fingerprint density at radius 1 is 1.44 bits per heavy atom. The number of thiophene rings is 1. The van der Waals surface area contributed by atoms with Crippen LogP contribution in [0.2, 0.25) is 5.02 Å². The summed E-state index contributed by atoms with van der Waals surface area (Å²) in [5.74, 6) is 0.259. The Bertz CT molecular complexity index is 543. The van der Waals surface area contributed by atoms with E-state index in [0.29, 0.717) is 22.2 Å². The molecule has 0 saturated heterocycles. The first-order valence-electron chi connectivity index (χ1n) is 5.16. The quantitative estimate of drug-likeness (QED) is 0.668. The highest BCUT2D eigenvalue weighted by molar-refractivity contribution is 8.01. The second-order valence-electron chi connectivity index (χ2n) is 3.50. The maximum Gasteiger partial charge on any atom is 0.234 e. The third-order valence-electron chi connectivity index (χ3n) is 2.13. The maximum absolute atomic E-state index is 11.7. The molecule has 1 aromatic carbocycles. The van der Waals surface area contributed by atoms with Crippen LogP contribution in [0.25, 0.3) is 0 Å². The van der Waals surface area contributed by atoms with Crippen LogP contribution in [0.1, 0.15) is 0 Å². The average Bonchev–Trinajstić information content (AvgIpc) is 2.84. The number of anilines is 2. The van der Waals surface area contributed by atoms with Gasteiger partial charge in [-0.15, -0.1) is 23.1 Å². The minimum absolute atomic E-state index is 0.0950. The summed E-state index contributed by atoms with van der Waals surface area (Å²) in [5, 5.41) is 5.28. The van der Waals surface area contributed by atoms with E-state index in [9.17, 15) is 4.79 Å². The number of hydrogen-bond acceptors (Lipinski definition) is 4. The highest BCUT2D eigenvalue weighted by Gasteiger charge is 2.07. The molecule has 2 rings (SSSR count). The van der Waals surface area contributed by atoms with Gasteiger partial charge in [-0.1, -0.05) is 17.7 Å². The number of benzene rings is 1. The molecule has 94 valence electrons. The number of nitrogens with two attached hydrogens (primary N) is 1. The topological polar surface area (TPSA) is 55.1 Å². The van der Waals surface area contributed by atoms with E-state index in [-0.39, 0.29) is 5.91 Å². The van der Waals surface area contributed by atoms with Crippen molar-refractivity contribution in [2.24, 2.45) is 0 Å². The third kappa shape index (κ3) is 3.66. The lowest BCUT2D eigenvalue weighted by molar-refractivity contribution is -0.113. The van der Waals surface area contributed by atoms with E-state index in [2.05, 4.69) is 5.32 Å². The molecule has 1 heterocycles. The fraction of sp³-hybridized carbons (Fsp3) is 0.0833. The minimum Gasteiger partial charge on any atom is -0.397 e. The van der Waals surface area contributed by atoms with Crippen LogP contribution in [0.3, 0.4) is 0 Å². The van der Waals surface area contributed by atoms with Gasteiger partial charge in [-0.25, -0.2) is 0 Å². The molecule has 0 bridgehead atoms. The zero-order chi connectivity index (χ0) is 13.0. The summed E-state index contributed by atoms with van der Waals surface area (Å²) < 4.78 is 1.12. The van der Waals surface area contributed by atoms with Crippen LogP contribution in [-0.2, 0) is 4.79 Å². The van der Waals surface area contributed by atoms with Crippen molar-refractivity contribution in [1.29, 1.82) is 0 Å². The van der Waals surface area contributed by atoms with Crippen LogP contribution in [0, 0.1) is 0 Å². The van der Waals surface area contributed by atoms with Crippen molar-refractivity contribution < 1.29 is 4.79 Å². The number of thioether (sulfide) groups is 1. The van der Waals surface area contributed by atoms with Crippen molar-refractivity contribution in [2.75, 3.05) is 16.8 Å². The number of amides is 1. The molecule has 1 aromatic heterocycles. The Kier molecular flexibility index (Phi) is 4.52. The van der Waals surface area contributed by atoms with Gasteiger partial charge in [0.25, 0.3) is 0 Å². The molecule has 0 aliphatic rings. The molecule has 3 nitrogen and oxygen atoms in total. The van der Waals surface area contributed by atoms with E-state index < -0.39 is 0 Å². The number of nitrogens with one attached hydrogen (secondary N) is 1. The van der Waals surface area contributed by atoms with Gasteiger partial charge in [0, 0.05) is 5.02 Å². The molecule has 0 atom stereocenters. The molecule has 0 aliphatic carbocycles. The Morgan fingerprint density at radius 2 is 2.28 bits per heavy atom. The lowest BCUT2D eigenvalue weighted by Gasteiger charge is -2.07. The molecule has 0 aliphatic heterocycles. The van der Waals surface area contributed by atoms with Gasteiger partial charge in [-0.3, -0.25) is 4.79 Å². The molecule has 2 aromatic rings. The SMILES string of the molecule is Nc1ccc(Cl)cc1NC(=O)CSc1cccs1. The summed E-state index contributed by atoms with van der Waals surface area (Å²) in [6.45, 7) is 0. The molecule has 0 saturated carbocycles. The Morgan fingerprint density at radius 3 is 3.00 bits per heavy atom. The molecule has 0 spiro atoms. The maximum atomic E-state index is 11.7. The van der Waals surface area contributed by atoms with Gasteiger partial charge in [0.2, 0.25) is 5.91 Å². The number of nitrogen functional groups attached to an aromatic ring is 1. The predicted molar refractivity (Wildman–Crippen MR) is 79.5 cm³/mol. The lowest BCUT2D eigenvalue weighted by atomic mass is 10.2. The van der Waals surface area contributed by atoms with Crippen LogP contribution >= 0.6 is 34.7 Å². The van der Waals surface area contributed by atoms with Crippen molar-refractivity contribution in [3.05, 3.63) is 40.7 Å². The van der Waals surface area contributed by atoms with Gasteiger partial charge in [0.05, 0.1) is 21.3 Å². The van der Waals surface area contributed by atoms with Crippen LogP contribution < -0.4 is 11.1 Å². The van der Waals surface area contributed by atoms with Crippen LogP contribution in [0.15, 0.2) is 39.9 Å². The smallest absolute Gasteiger partial charge is 0.234 e. The van der Waals surface area contributed by atoms with E-state index in [4.69, 9.17) is 17.3 Å². The fourth-order valence-corrected chi connectivity index (χ4v) is 3.06. The van der Waals surface area contributed by atoms with E-state index in [1.165, 1.54) is 11.8 Å². The van der Waals surface area contributed by atoms with E-state index in [0.717, 1.165) is 4.21 Å². The first-order valence-corrected chi connectivity index (χ1v) is 7.40. The van der Waals surface area contributed by atoms with Gasteiger partial charge < -0.3 is 11.1 Å². The predicted octanol–water partition coefficient (Wildman–Crippen LogP) is 3.71. The molecular weight excluding hydrogens is 288 g/mol. The second-order valence-corrected chi connectivity index (χ2v) is 6.16. The molecule has 3 N–H and O–H groups in total. The molecule has 6 heteroatoms. The first-order chi connectivity index (χ1) is 8.65. The van der Waals surface area contributed by atoms with E-state index in [1.54, 1.807) is 29.5 Å². The van der Waals surface area contributed by atoms with Crippen molar-refractivity contribution in [3.8, 4) is 0 Å². The molecule has 0 fully saturated rings. The van der Waals surface area contributed by atoms with Crippen molar-refractivity contribution >= 4 is 52.0 Å². The standard InChI is InChI=1S/C12H11ClN2OS2/c13-8-3-4-9(14)10(6-8)15-11(16)7-18-12-2-1-5-17-12/h1-6H,7,14H2,(H,15,16). The molecule has 1 amide bonds. The zero-order valence-electron chi connectivity index (χ0n) is 9.35. The summed E-state index contributed by atoms with van der Waals surface area (Å²) in [6, 6.07) is 8.94. The lowest BCUT2D eigenvalue weighted by Crippen LogP contribution is -2.15. The third-order valence-corrected chi connectivity index (χ3v) is 4.50. The molecule has 0 radical (unpaired) electrons. The molecule has 18 heavy (non-hydrogen) atoms. The van der Waals surface area contributed by atoms with E-state index >= 15 is 0 Å². The molecular formula is C12H11ClN2OS2. The van der Waals surface area contributed by atoms with Crippen LogP contribution in [0.4, 0.5) is 11.4 Å².